The second-order valence-corrected chi connectivity index (χ2v) is 8.21. The summed E-state index contributed by atoms with van der Waals surface area (Å²) in [5, 5.41) is 3.45. The number of nitrogens with zero attached hydrogens (tertiary/aromatic N) is 2. The highest BCUT2D eigenvalue weighted by atomic mass is 16.2. The van der Waals surface area contributed by atoms with Crippen molar-refractivity contribution in [3.8, 4) is 0 Å². The van der Waals surface area contributed by atoms with Crippen LogP contribution in [0.3, 0.4) is 0 Å². The molecule has 1 atom stereocenters. The van der Waals surface area contributed by atoms with Gasteiger partial charge >= 0.3 is 0 Å². The third-order valence-corrected chi connectivity index (χ3v) is 5.49. The lowest BCUT2D eigenvalue weighted by atomic mass is 9.89. The van der Waals surface area contributed by atoms with E-state index in [1.54, 1.807) is 6.20 Å². The SMILES string of the molecule is CC(C)CC(=O)[C@H]1CCCN(C(=O)c2ccc(NC3CCCC3)nc2)C1. The van der Waals surface area contributed by atoms with E-state index in [-0.39, 0.29) is 11.8 Å². The summed E-state index contributed by atoms with van der Waals surface area (Å²) in [5.74, 6) is 1.50. The summed E-state index contributed by atoms with van der Waals surface area (Å²) in [5.41, 5.74) is 0.610. The zero-order valence-electron chi connectivity index (χ0n) is 16.0. The molecule has 0 radical (unpaired) electrons. The predicted molar refractivity (Wildman–Crippen MR) is 103 cm³/mol. The molecule has 1 aliphatic carbocycles. The van der Waals surface area contributed by atoms with Crippen LogP contribution in [0.25, 0.3) is 0 Å². The Kier molecular flexibility index (Phi) is 6.28. The van der Waals surface area contributed by atoms with Crippen molar-refractivity contribution in [2.45, 2.75) is 64.8 Å². The maximum atomic E-state index is 12.8. The van der Waals surface area contributed by atoms with Crippen molar-refractivity contribution in [2.75, 3.05) is 18.4 Å². The third kappa shape index (κ3) is 4.83. The largest absolute Gasteiger partial charge is 0.367 e. The van der Waals surface area contributed by atoms with Crippen LogP contribution in [-0.2, 0) is 4.79 Å². The van der Waals surface area contributed by atoms with Crippen molar-refractivity contribution in [3.63, 3.8) is 0 Å². The highest BCUT2D eigenvalue weighted by molar-refractivity contribution is 5.94. The summed E-state index contributed by atoms with van der Waals surface area (Å²) in [6.07, 6.45) is 9.02. The zero-order valence-corrected chi connectivity index (χ0v) is 16.0. The number of ketones is 1. The fourth-order valence-electron chi connectivity index (χ4n) is 4.06. The number of anilines is 1. The molecular formula is C21H31N3O2. The Hall–Kier alpha value is -1.91. The highest BCUT2D eigenvalue weighted by Crippen LogP contribution is 2.23. The first kappa shape index (κ1) is 18.9. The van der Waals surface area contributed by atoms with Crippen LogP contribution in [-0.4, -0.2) is 40.7 Å². The molecule has 26 heavy (non-hydrogen) atoms. The monoisotopic (exact) mass is 357 g/mol. The highest BCUT2D eigenvalue weighted by Gasteiger charge is 2.29. The summed E-state index contributed by atoms with van der Waals surface area (Å²) in [7, 11) is 0. The average Bonchev–Trinajstić information content (AvgIpc) is 3.14. The van der Waals surface area contributed by atoms with Gasteiger partial charge in [0.15, 0.2) is 0 Å². The van der Waals surface area contributed by atoms with Gasteiger partial charge in [0.25, 0.3) is 5.91 Å². The molecule has 1 aromatic rings. The topological polar surface area (TPSA) is 62.3 Å². The number of aromatic nitrogens is 1. The molecule has 1 amide bonds. The molecule has 0 bridgehead atoms. The second-order valence-electron chi connectivity index (χ2n) is 8.21. The molecule has 5 nitrogen and oxygen atoms in total. The van der Waals surface area contributed by atoms with Crippen molar-refractivity contribution in [1.29, 1.82) is 0 Å². The van der Waals surface area contributed by atoms with Gasteiger partial charge in [0.05, 0.1) is 5.56 Å². The number of amides is 1. The summed E-state index contributed by atoms with van der Waals surface area (Å²) in [6, 6.07) is 4.27. The minimum absolute atomic E-state index is 0.00744. The summed E-state index contributed by atoms with van der Waals surface area (Å²) in [4.78, 5) is 31.4. The first-order valence-corrected chi connectivity index (χ1v) is 10.1. The molecule has 1 saturated heterocycles. The molecule has 2 heterocycles. The van der Waals surface area contributed by atoms with Crippen molar-refractivity contribution in [1.82, 2.24) is 9.88 Å². The molecule has 142 valence electrons. The number of rotatable bonds is 6. The van der Waals surface area contributed by atoms with Gasteiger partial charge in [-0.1, -0.05) is 26.7 Å². The number of carbonyl (C=O) groups excluding carboxylic acids is 2. The van der Waals surface area contributed by atoms with Crippen molar-refractivity contribution in [2.24, 2.45) is 11.8 Å². The molecule has 5 heteroatoms. The number of nitrogens with one attached hydrogen (secondary N) is 1. The number of pyridine rings is 1. The number of piperidine rings is 1. The van der Waals surface area contributed by atoms with E-state index in [0.29, 0.717) is 36.3 Å². The zero-order chi connectivity index (χ0) is 18.5. The fourth-order valence-corrected chi connectivity index (χ4v) is 4.06. The van der Waals surface area contributed by atoms with E-state index in [0.717, 1.165) is 25.2 Å². The van der Waals surface area contributed by atoms with E-state index in [2.05, 4.69) is 24.1 Å². The van der Waals surface area contributed by atoms with Crippen molar-refractivity contribution in [3.05, 3.63) is 23.9 Å². The van der Waals surface area contributed by atoms with E-state index < -0.39 is 0 Å². The van der Waals surface area contributed by atoms with Gasteiger partial charge in [0.1, 0.15) is 11.6 Å². The first-order valence-electron chi connectivity index (χ1n) is 10.1. The van der Waals surface area contributed by atoms with Gasteiger partial charge < -0.3 is 10.2 Å². The number of likely N-dealkylation sites (tertiary alicyclic amines) is 1. The molecule has 1 N–H and O–H groups in total. The van der Waals surface area contributed by atoms with Crippen LogP contribution in [0.5, 0.6) is 0 Å². The molecule has 0 spiro atoms. The normalized spacial score (nSPS) is 21.2. The van der Waals surface area contributed by atoms with Crippen LogP contribution in [0.1, 0.15) is 69.2 Å². The van der Waals surface area contributed by atoms with E-state index >= 15 is 0 Å². The van der Waals surface area contributed by atoms with E-state index in [1.807, 2.05) is 17.0 Å². The Morgan fingerprint density at radius 3 is 2.62 bits per heavy atom. The maximum absolute atomic E-state index is 12.8. The first-order chi connectivity index (χ1) is 12.5. The third-order valence-electron chi connectivity index (χ3n) is 5.49. The van der Waals surface area contributed by atoms with E-state index in [4.69, 9.17) is 0 Å². The van der Waals surface area contributed by atoms with Crippen LogP contribution in [0.2, 0.25) is 0 Å². The quantitative estimate of drug-likeness (QED) is 0.839. The number of Topliss-reactive ketones (excluding diaryl/α,β-unsaturated/α-hetero) is 1. The number of hydrogen-bond acceptors (Lipinski definition) is 4. The summed E-state index contributed by atoms with van der Waals surface area (Å²) >= 11 is 0. The molecule has 1 aliphatic heterocycles. The number of hydrogen-bond donors (Lipinski definition) is 1. The fraction of sp³-hybridized carbons (Fsp3) is 0.667. The van der Waals surface area contributed by atoms with Crippen LogP contribution in [0, 0.1) is 11.8 Å². The molecule has 0 aromatic carbocycles. The average molecular weight is 357 g/mol. The van der Waals surface area contributed by atoms with Crippen LogP contribution in [0.15, 0.2) is 18.3 Å². The van der Waals surface area contributed by atoms with Crippen LogP contribution < -0.4 is 5.32 Å². The molecule has 1 saturated carbocycles. The van der Waals surface area contributed by atoms with Crippen molar-refractivity contribution >= 4 is 17.5 Å². The van der Waals surface area contributed by atoms with Crippen LogP contribution in [0.4, 0.5) is 5.82 Å². The lowest BCUT2D eigenvalue weighted by molar-refractivity contribution is -0.124. The van der Waals surface area contributed by atoms with Gasteiger partial charge in [-0.15, -0.1) is 0 Å². The molecular weight excluding hydrogens is 326 g/mol. The lowest BCUT2D eigenvalue weighted by Crippen LogP contribution is -2.42. The van der Waals surface area contributed by atoms with Gasteiger partial charge in [0.2, 0.25) is 0 Å². The van der Waals surface area contributed by atoms with Crippen LogP contribution >= 0.6 is 0 Å². The van der Waals surface area contributed by atoms with Gasteiger partial charge in [-0.05, 0) is 43.7 Å². The van der Waals surface area contributed by atoms with Crippen molar-refractivity contribution < 1.29 is 9.59 Å². The predicted octanol–water partition coefficient (Wildman–Crippen LogP) is 3.90. The molecule has 2 aliphatic rings. The minimum atomic E-state index is -0.00799. The molecule has 2 fully saturated rings. The molecule has 3 rings (SSSR count). The van der Waals surface area contributed by atoms with E-state index in [1.165, 1.54) is 25.7 Å². The van der Waals surface area contributed by atoms with Gasteiger partial charge in [-0.2, -0.15) is 0 Å². The summed E-state index contributed by atoms with van der Waals surface area (Å²) in [6.45, 7) is 5.41. The Bertz CT molecular complexity index is 621. The molecule has 1 aromatic heterocycles. The second kappa shape index (κ2) is 8.65. The summed E-state index contributed by atoms with van der Waals surface area (Å²) < 4.78 is 0. The van der Waals surface area contributed by atoms with E-state index in [9.17, 15) is 9.59 Å². The van der Waals surface area contributed by atoms with Gasteiger partial charge in [0, 0.05) is 37.7 Å². The Labute approximate surface area is 156 Å². The van der Waals surface area contributed by atoms with Gasteiger partial charge in [-0.3, -0.25) is 9.59 Å². The minimum Gasteiger partial charge on any atom is -0.367 e. The standard InChI is InChI=1S/C21H31N3O2/c1-15(2)12-19(25)17-6-5-11-24(14-17)21(26)16-9-10-20(22-13-16)23-18-7-3-4-8-18/h9-10,13,15,17-18H,3-8,11-12,14H2,1-2H3,(H,22,23)/t17-/m0/s1. The Balaban J connectivity index is 1.58. The Morgan fingerprint density at radius 1 is 1.19 bits per heavy atom. The smallest absolute Gasteiger partial charge is 0.255 e. The maximum Gasteiger partial charge on any atom is 0.255 e. The van der Waals surface area contributed by atoms with Gasteiger partial charge in [-0.25, -0.2) is 4.98 Å². The number of carbonyl (C=O) groups is 2. The Morgan fingerprint density at radius 2 is 1.96 bits per heavy atom. The lowest BCUT2D eigenvalue weighted by Gasteiger charge is -2.32. The molecule has 0 unspecified atom stereocenters.